The number of rotatable bonds is 0. The normalized spacial score (nSPS) is 29.9. The van der Waals surface area contributed by atoms with E-state index in [0.717, 1.165) is 17.9 Å². The maximum absolute atomic E-state index is 5.78. The summed E-state index contributed by atoms with van der Waals surface area (Å²) in [6, 6.07) is 16.4. The van der Waals surface area contributed by atoms with Gasteiger partial charge in [0.25, 0.3) is 0 Å². The summed E-state index contributed by atoms with van der Waals surface area (Å²) in [6.45, 7) is 0. The van der Waals surface area contributed by atoms with Crippen LogP contribution in [0, 0.1) is 23.7 Å². The first kappa shape index (κ1) is 20.2. The number of fused-ring (bicyclic) bond motifs is 2. The van der Waals surface area contributed by atoms with Gasteiger partial charge in [-0.1, -0.05) is 74.9 Å². The predicted molar refractivity (Wildman–Crippen MR) is 125 cm³/mol. The summed E-state index contributed by atoms with van der Waals surface area (Å²) >= 11 is 0. The molecule has 0 atom stereocenters. The molecule has 4 bridgehead atoms. The van der Waals surface area contributed by atoms with Crippen molar-refractivity contribution in [2.75, 3.05) is 0 Å². The quantitative estimate of drug-likeness (QED) is 0.366. The van der Waals surface area contributed by atoms with Crippen molar-refractivity contribution >= 4 is 0 Å². The summed E-state index contributed by atoms with van der Waals surface area (Å²) in [5.41, 5.74) is 2.54. The lowest BCUT2D eigenvalue weighted by Crippen LogP contribution is -2.38. The molecule has 0 saturated heterocycles. The Morgan fingerprint density at radius 3 is 1.17 bits per heavy atom. The molecule has 5 aliphatic carbocycles. The van der Waals surface area contributed by atoms with E-state index in [2.05, 4.69) is 24.3 Å². The van der Waals surface area contributed by atoms with Gasteiger partial charge in [0.2, 0.25) is 0 Å². The van der Waals surface area contributed by atoms with E-state index >= 15 is 0 Å². The molecule has 30 heavy (non-hydrogen) atoms. The Labute approximate surface area is 183 Å². The minimum Gasteiger partial charge on any atom is -0.457 e. The Morgan fingerprint density at radius 1 is 0.467 bits per heavy atom. The van der Waals surface area contributed by atoms with Gasteiger partial charge in [0.1, 0.15) is 11.5 Å². The zero-order valence-corrected chi connectivity index (χ0v) is 18.5. The monoisotopic (exact) mass is 402 g/mol. The first-order chi connectivity index (χ1) is 14.8. The first-order valence-electron chi connectivity index (χ1n) is 12.7. The summed E-state index contributed by atoms with van der Waals surface area (Å²) < 4.78 is 5.78. The molecule has 1 nitrogen and oxygen atoms in total. The Hall–Kier alpha value is -1.76. The molecule has 6 aliphatic rings. The molecular formula is C29H38O. The zero-order valence-electron chi connectivity index (χ0n) is 18.5. The van der Waals surface area contributed by atoms with Gasteiger partial charge in [-0.25, -0.2) is 0 Å². The molecule has 5 fully saturated rings. The molecule has 0 amide bonds. The second kappa shape index (κ2) is 9.58. The summed E-state index contributed by atoms with van der Waals surface area (Å²) in [7, 11) is 0. The van der Waals surface area contributed by atoms with E-state index in [0.29, 0.717) is 0 Å². The van der Waals surface area contributed by atoms with Gasteiger partial charge in [-0.2, -0.15) is 0 Å². The fourth-order valence-corrected chi connectivity index (χ4v) is 6.87. The van der Waals surface area contributed by atoms with Gasteiger partial charge >= 0.3 is 0 Å². The van der Waals surface area contributed by atoms with Crippen LogP contribution in [0.5, 0.6) is 11.5 Å². The van der Waals surface area contributed by atoms with Crippen molar-refractivity contribution in [3.63, 3.8) is 0 Å². The van der Waals surface area contributed by atoms with Crippen molar-refractivity contribution in [2.24, 2.45) is 23.7 Å². The summed E-state index contributed by atoms with van der Waals surface area (Å²) in [5.74, 6) is 6.69. The molecule has 1 heterocycles. The number of ether oxygens (including phenoxy) is 1. The van der Waals surface area contributed by atoms with E-state index in [-0.39, 0.29) is 0 Å². The van der Waals surface area contributed by atoms with Gasteiger partial charge < -0.3 is 4.74 Å². The Kier molecular flexibility index (Phi) is 6.44. The van der Waals surface area contributed by atoms with Gasteiger partial charge in [-0.15, -0.1) is 0 Å². The lowest BCUT2D eigenvalue weighted by molar-refractivity contribution is 0.0198. The molecule has 1 heteroatoms. The predicted octanol–water partition coefficient (Wildman–Crippen LogP) is 8.56. The minimum absolute atomic E-state index is 0.979. The van der Waals surface area contributed by atoms with Crippen LogP contribution in [0.4, 0.5) is 0 Å². The molecule has 1 aliphatic heterocycles. The van der Waals surface area contributed by atoms with Crippen LogP contribution in [-0.4, -0.2) is 0 Å². The van der Waals surface area contributed by atoms with Crippen LogP contribution < -0.4 is 4.74 Å². The molecule has 2 aromatic carbocycles. The molecule has 0 aromatic heterocycles. The largest absolute Gasteiger partial charge is 0.457 e. The van der Waals surface area contributed by atoms with Crippen molar-refractivity contribution in [3.05, 3.63) is 59.7 Å². The van der Waals surface area contributed by atoms with Crippen molar-refractivity contribution in [2.45, 2.75) is 83.5 Å². The fourth-order valence-electron chi connectivity index (χ4n) is 6.87. The van der Waals surface area contributed by atoms with Crippen LogP contribution in [0.1, 0.15) is 88.2 Å². The molecule has 0 spiro atoms. The Balaban J connectivity index is 0.000000105. The van der Waals surface area contributed by atoms with E-state index in [9.17, 15) is 0 Å². The van der Waals surface area contributed by atoms with Crippen LogP contribution in [0.25, 0.3) is 0 Å². The van der Waals surface area contributed by atoms with Crippen LogP contribution in [-0.2, 0) is 6.42 Å². The average molecular weight is 403 g/mol. The van der Waals surface area contributed by atoms with Crippen molar-refractivity contribution in [3.8, 4) is 11.5 Å². The first-order valence-corrected chi connectivity index (χ1v) is 12.7. The van der Waals surface area contributed by atoms with E-state index in [1.807, 2.05) is 24.3 Å². The van der Waals surface area contributed by atoms with Crippen LogP contribution >= 0.6 is 0 Å². The summed E-state index contributed by atoms with van der Waals surface area (Å²) in [4.78, 5) is 0. The molecule has 2 aromatic rings. The van der Waals surface area contributed by atoms with E-state index in [1.54, 1.807) is 38.5 Å². The highest BCUT2D eigenvalue weighted by molar-refractivity contribution is 5.49. The van der Waals surface area contributed by atoms with E-state index < -0.39 is 0 Å². The maximum atomic E-state index is 5.78. The third-order valence-corrected chi connectivity index (χ3v) is 8.05. The molecule has 0 unspecified atom stereocenters. The van der Waals surface area contributed by atoms with Crippen LogP contribution in [0.3, 0.4) is 0 Å². The van der Waals surface area contributed by atoms with Crippen LogP contribution in [0.15, 0.2) is 48.5 Å². The summed E-state index contributed by atoms with van der Waals surface area (Å²) in [6.07, 6.45) is 19.6. The van der Waals surface area contributed by atoms with Crippen molar-refractivity contribution in [1.29, 1.82) is 0 Å². The van der Waals surface area contributed by atoms with Crippen molar-refractivity contribution in [1.82, 2.24) is 0 Å². The SMILES string of the molecule is C1C2CC3CC1CC(C2)C3.C1CCCCC1.c1ccc2c(c1)Cc1ccccc1O2. The van der Waals surface area contributed by atoms with E-state index in [4.69, 9.17) is 4.74 Å². The topological polar surface area (TPSA) is 9.23 Å². The standard InChI is InChI=1S/C13H10O.C10H16.C6H12/c1-3-7-12-10(5-1)9-11-6-2-4-8-13(11)14-12;1-7-2-9-4-8(1)5-10(3-7)6-9;1-2-4-6-5-3-1/h1-8H,9H2;7-10H,1-6H2;1-6H2. The van der Waals surface area contributed by atoms with Gasteiger partial charge in [-0.3, -0.25) is 0 Å². The molecule has 0 N–H and O–H groups in total. The van der Waals surface area contributed by atoms with Gasteiger partial charge in [0.15, 0.2) is 0 Å². The summed E-state index contributed by atoms with van der Waals surface area (Å²) in [5, 5.41) is 0. The zero-order chi connectivity index (χ0) is 20.2. The number of hydrogen-bond donors (Lipinski definition) is 0. The van der Waals surface area contributed by atoms with Gasteiger partial charge in [-0.05, 0) is 85.5 Å². The highest BCUT2D eigenvalue weighted by Gasteiger charge is 2.41. The molecule has 5 saturated carbocycles. The van der Waals surface area contributed by atoms with Gasteiger partial charge in [0, 0.05) is 6.42 Å². The Morgan fingerprint density at radius 2 is 0.800 bits per heavy atom. The number of benzene rings is 2. The minimum atomic E-state index is 0.979. The molecule has 0 radical (unpaired) electrons. The van der Waals surface area contributed by atoms with Gasteiger partial charge in [0.05, 0.1) is 0 Å². The third kappa shape index (κ3) is 4.93. The molecule has 160 valence electrons. The molecule has 8 rings (SSSR count). The smallest absolute Gasteiger partial charge is 0.130 e. The highest BCUT2D eigenvalue weighted by atomic mass is 16.5. The Bertz CT molecular complexity index is 663. The molecular weight excluding hydrogens is 364 g/mol. The van der Waals surface area contributed by atoms with Crippen molar-refractivity contribution < 1.29 is 4.74 Å². The average Bonchev–Trinajstić information content (AvgIpc) is 2.79. The van der Waals surface area contributed by atoms with E-state index in [1.165, 1.54) is 73.3 Å². The number of para-hydroxylation sites is 2. The second-order valence-electron chi connectivity index (χ2n) is 10.5. The van der Waals surface area contributed by atoms with Crippen LogP contribution in [0.2, 0.25) is 0 Å². The number of hydrogen-bond acceptors (Lipinski definition) is 1. The lowest BCUT2D eigenvalue weighted by Gasteiger charge is -2.49. The second-order valence-corrected chi connectivity index (χ2v) is 10.5. The fraction of sp³-hybridized carbons (Fsp3) is 0.586. The lowest BCUT2D eigenvalue weighted by atomic mass is 9.56. The third-order valence-electron chi connectivity index (χ3n) is 8.05. The maximum Gasteiger partial charge on any atom is 0.130 e. The highest BCUT2D eigenvalue weighted by Crippen LogP contribution is 2.53.